The third kappa shape index (κ3) is 6.17. The standard InChI is InChI=1S/C57H74N2O13/c1-30-41(31(2)62)45(64)42-34(44(30)63)20-32(49(67)68)21-38(42)70-50-46(65)48(66)57(40(25-61)71-50)23-37-43-35(10-11-36(43)55(72-57)17-4-3-5-18-55)54(16-9-19-60)29-69-26-33-22-51-27-53(15-8-14-52(53)12-6-7-13-52)24-39(51)58-59-56(37,28-51)47(33)54/h10,20-21,33,37,39-40,46-48,50,58-61,63-66H,3-9,11-19,22-29H2,1-2H3,(H,67,68)/t33-,37-,39-,40-,46-,47+,48-,50-,51-,53-,54+,56-,57-/m1/s1. The minimum atomic E-state index is -1.83. The fraction of sp³-hybridized carbons (Fsp3) is 0.719. The van der Waals surface area contributed by atoms with Crippen LogP contribution in [-0.4, -0.2) is 121 Å². The Hall–Kier alpha value is -3.64. The Balaban J connectivity index is 0.954. The number of phenols is 2. The van der Waals surface area contributed by atoms with Crippen molar-refractivity contribution in [3.63, 3.8) is 0 Å². The van der Waals surface area contributed by atoms with Crippen molar-refractivity contribution in [2.75, 3.05) is 26.4 Å². The summed E-state index contributed by atoms with van der Waals surface area (Å²) in [5.74, 6) is -3.13. The normalized spacial score (nSPS) is 41.9. The average Bonchev–Trinajstić information content (AvgIpc) is 4.16. The van der Waals surface area contributed by atoms with Crippen molar-refractivity contribution in [1.82, 2.24) is 10.9 Å². The minimum Gasteiger partial charge on any atom is -0.507 e. The molecule has 13 atom stereocenters. The third-order valence-corrected chi connectivity index (χ3v) is 22.2. The Labute approximate surface area is 420 Å². The molecule has 0 radical (unpaired) electrons. The van der Waals surface area contributed by atoms with Gasteiger partial charge in [0, 0.05) is 47.1 Å². The number of aliphatic hydroxyl groups is 4. The number of aromatic carboxylic acids is 1. The average molecular weight is 995 g/mol. The second-order valence-electron chi connectivity index (χ2n) is 25.1. The molecule has 15 heteroatoms. The number of hydrazine groups is 1. The molecule has 2 bridgehead atoms. The summed E-state index contributed by atoms with van der Waals surface area (Å²) in [6.07, 6.45) is 15.8. The molecular formula is C57H74N2O13. The number of aliphatic hydroxyl groups excluding tert-OH is 4. The summed E-state index contributed by atoms with van der Waals surface area (Å²) in [5.41, 5.74) is 8.82. The monoisotopic (exact) mass is 995 g/mol. The van der Waals surface area contributed by atoms with Crippen molar-refractivity contribution >= 4 is 22.5 Å². The first kappa shape index (κ1) is 48.0. The van der Waals surface area contributed by atoms with Crippen LogP contribution >= 0.6 is 0 Å². The van der Waals surface area contributed by atoms with Gasteiger partial charge < -0.3 is 54.7 Å². The van der Waals surface area contributed by atoms with Gasteiger partial charge in [0.05, 0.1) is 35.3 Å². The molecule has 72 heavy (non-hydrogen) atoms. The molecule has 15 nitrogen and oxygen atoms in total. The van der Waals surface area contributed by atoms with Crippen LogP contribution in [0.2, 0.25) is 0 Å². The minimum absolute atomic E-state index is 0.0241. The number of carbonyl (C=O) groups is 2. The summed E-state index contributed by atoms with van der Waals surface area (Å²) in [4.78, 5) is 25.4. The number of hydrogen-bond acceptors (Lipinski definition) is 14. The van der Waals surface area contributed by atoms with Crippen molar-refractivity contribution in [2.24, 2.45) is 39.4 Å². The van der Waals surface area contributed by atoms with E-state index in [4.69, 9.17) is 18.9 Å². The second kappa shape index (κ2) is 16.4. The molecule has 6 spiro atoms. The molecule has 6 saturated carbocycles. The number of phenolic OH excluding ortho intramolecular Hbond substituents is 2. The Bertz CT molecular complexity index is 2680. The van der Waals surface area contributed by atoms with Crippen LogP contribution in [0.25, 0.3) is 10.8 Å². The lowest BCUT2D eigenvalue weighted by Gasteiger charge is -2.72. The van der Waals surface area contributed by atoms with Crippen molar-refractivity contribution < 1.29 is 64.3 Å². The van der Waals surface area contributed by atoms with E-state index in [1.807, 2.05) is 0 Å². The predicted octanol–water partition coefficient (Wildman–Crippen LogP) is 6.94. The van der Waals surface area contributed by atoms with Crippen LogP contribution in [0.1, 0.15) is 162 Å². The molecule has 7 aliphatic carbocycles. The van der Waals surface area contributed by atoms with Crippen molar-refractivity contribution in [3.8, 4) is 17.2 Å². The maximum absolute atomic E-state index is 13.3. The van der Waals surface area contributed by atoms with Crippen LogP contribution in [0.3, 0.4) is 0 Å². The number of ether oxygens (including phenoxy) is 4. The number of nitrogens with one attached hydrogen (secondary N) is 2. The van der Waals surface area contributed by atoms with E-state index in [2.05, 4.69) is 16.9 Å². The zero-order valence-corrected chi connectivity index (χ0v) is 41.9. The summed E-state index contributed by atoms with van der Waals surface area (Å²) in [7, 11) is 0. The number of carbonyl (C=O) groups excluding carboxylic acids is 1. The lowest BCUT2D eigenvalue weighted by molar-refractivity contribution is -0.346. The van der Waals surface area contributed by atoms with Crippen LogP contribution in [0.15, 0.2) is 34.9 Å². The van der Waals surface area contributed by atoms with Crippen LogP contribution in [-0.2, 0) is 14.2 Å². The molecule has 3 saturated heterocycles. The van der Waals surface area contributed by atoms with E-state index >= 15 is 0 Å². The van der Waals surface area contributed by atoms with Gasteiger partial charge in [-0.25, -0.2) is 4.79 Å². The zero-order valence-electron chi connectivity index (χ0n) is 41.9. The SMILES string of the molecule is CC(=O)c1c(C)c(O)c2cc(C(=O)O)cc(O[C@@H]3O[C@H](CO)[C@]4(C[C@@H]5C6=C(CC=C6[C@]6(CCCO)COC[C@H]7C[C@@]89C[C@]5(NN[C@@H]8C[C@]5(CCCC58CCCC8)C9)[C@@H]76)C5(CCCCC5)O4)[C@H](O)[C@H]3O)c2c1O. The smallest absolute Gasteiger partial charge is 0.335 e. The van der Waals surface area contributed by atoms with Gasteiger partial charge in [-0.05, 0) is 161 Å². The van der Waals surface area contributed by atoms with Gasteiger partial charge in [-0.3, -0.25) is 15.6 Å². The van der Waals surface area contributed by atoms with E-state index in [-0.39, 0.29) is 80.9 Å². The molecule has 390 valence electrons. The first-order valence-electron chi connectivity index (χ1n) is 27.5. The second-order valence-corrected chi connectivity index (χ2v) is 25.1. The van der Waals surface area contributed by atoms with Gasteiger partial charge >= 0.3 is 5.97 Å². The molecule has 4 heterocycles. The van der Waals surface area contributed by atoms with E-state index in [0.717, 1.165) is 51.0 Å². The molecule has 4 aliphatic heterocycles. The first-order chi connectivity index (χ1) is 34.6. The molecule has 13 rings (SSSR count). The molecule has 2 aromatic carbocycles. The van der Waals surface area contributed by atoms with Gasteiger partial charge in [-0.1, -0.05) is 44.6 Å². The Morgan fingerprint density at radius 2 is 1.65 bits per heavy atom. The number of rotatable bonds is 8. The number of hydrogen-bond donors (Lipinski definition) is 9. The fourth-order valence-corrected chi connectivity index (χ4v) is 19.8. The number of carboxylic acid groups (broad SMARTS) is 1. The van der Waals surface area contributed by atoms with Crippen molar-refractivity contribution in [3.05, 3.63) is 51.6 Å². The summed E-state index contributed by atoms with van der Waals surface area (Å²) < 4.78 is 27.9. The quantitative estimate of drug-likeness (QED) is 0.0963. The summed E-state index contributed by atoms with van der Waals surface area (Å²) >= 11 is 0. The molecular weight excluding hydrogens is 921 g/mol. The number of aromatic hydroxyl groups is 2. The highest BCUT2D eigenvalue weighted by molar-refractivity contribution is 6.11. The Kier molecular flexibility index (Phi) is 11.0. The van der Waals surface area contributed by atoms with Gasteiger partial charge in [0.25, 0.3) is 0 Å². The number of Topliss-reactive ketones (excluding diaryl/α,β-unsaturated/α-hetero) is 1. The molecule has 9 fully saturated rings. The molecule has 0 unspecified atom stereocenters. The van der Waals surface area contributed by atoms with E-state index in [0.29, 0.717) is 44.3 Å². The van der Waals surface area contributed by atoms with Crippen LogP contribution in [0.4, 0.5) is 0 Å². The molecule has 2 aromatic rings. The molecule has 0 aromatic heterocycles. The van der Waals surface area contributed by atoms with Crippen LogP contribution in [0, 0.1) is 46.3 Å². The Morgan fingerprint density at radius 1 is 0.903 bits per heavy atom. The largest absolute Gasteiger partial charge is 0.507 e. The highest BCUT2D eigenvalue weighted by Gasteiger charge is 2.78. The van der Waals surface area contributed by atoms with E-state index < -0.39 is 76.6 Å². The third-order valence-electron chi connectivity index (χ3n) is 22.2. The number of carboxylic acids is 1. The lowest BCUT2D eigenvalue weighted by atomic mass is 9.38. The number of fused-ring (bicyclic) bond motifs is 4. The van der Waals surface area contributed by atoms with Crippen LogP contribution < -0.4 is 15.6 Å². The first-order valence-corrected chi connectivity index (χ1v) is 27.5. The highest BCUT2D eigenvalue weighted by Crippen LogP contribution is 2.78. The number of ketones is 1. The van der Waals surface area contributed by atoms with E-state index in [1.54, 1.807) is 0 Å². The zero-order chi connectivity index (χ0) is 50.0. The summed E-state index contributed by atoms with van der Waals surface area (Å²) in [6, 6.07) is 2.58. The van der Waals surface area contributed by atoms with Gasteiger partial charge in [-0.15, -0.1) is 0 Å². The summed E-state index contributed by atoms with van der Waals surface area (Å²) in [5, 5.41) is 81.3. The maximum atomic E-state index is 13.3. The Morgan fingerprint density at radius 3 is 2.39 bits per heavy atom. The van der Waals surface area contributed by atoms with E-state index in [1.165, 1.54) is 88.0 Å². The van der Waals surface area contributed by atoms with E-state index in [9.17, 15) is 45.3 Å². The predicted molar refractivity (Wildman–Crippen MR) is 262 cm³/mol. The highest BCUT2D eigenvalue weighted by atomic mass is 16.7. The molecule has 9 N–H and O–H groups in total. The van der Waals surface area contributed by atoms with Crippen LogP contribution in [0.5, 0.6) is 17.2 Å². The fourth-order valence-electron chi connectivity index (χ4n) is 19.8. The number of benzene rings is 2. The van der Waals surface area contributed by atoms with Crippen molar-refractivity contribution in [2.45, 2.75) is 190 Å². The lowest BCUT2D eigenvalue weighted by Crippen LogP contribution is -2.81. The molecule has 0 amide bonds. The topological polar surface area (TPSA) is 237 Å². The van der Waals surface area contributed by atoms with Gasteiger partial charge in [0.15, 0.2) is 5.78 Å². The molecule has 11 aliphatic rings. The van der Waals surface area contributed by atoms with Gasteiger partial charge in [0.1, 0.15) is 41.2 Å². The number of allylic oxidation sites excluding steroid dienone is 1. The maximum Gasteiger partial charge on any atom is 0.335 e. The van der Waals surface area contributed by atoms with Gasteiger partial charge in [0.2, 0.25) is 6.29 Å². The van der Waals surface area contributed by atoms with Gasteiger partial charge in [-0.2, -0.15) is 0 Å². The summed E-state index contributed by atoms with van der Waals surface area (Å²) in [6.45, 7) is 3.35. The van der Waals surface area contributed by atoms with Crippen molar-refractivity contribution in [1.29, 1.82) is 0 Å².